The highest BCUT2D eigenvalue weighted by Gasteiger charge is 2.14. The highest BCUT2D eigenvalue weighted by molar-refractivity contribution is 14.0. The summed E-state index contributed by atoms with van der Waals surface area (Å²) >= 11 is 0. The summed E-state index contributed by atoms with van der Waals surface area (Å²) < 4.78 is 11.0. The predicted octanol–water partition coefficient (Wildman–Crippen LogP) is 3.61. The molecule has 2 aromatic carbocycles. The highest BCUT2D eigenvalue weighted by atomic mass is 127. The molecular formula is C24H35IN4O2. The van der Waals surface area contributed by atoms with Crippen molar-refractivity contribution in [3.63, 3.8) is 0 Å². The SMILES string of the molecule is CN=C(NCc1ccccc1CN1CCOCC1)NCC(C)c1ccccc1OC.I. The van der Waals surface area contributed by atoms with E-state index in [1.165, 1.54) is 16.7 Å². The molecule has 0 radical (unpaired) electrons. The third-order valence-electron chi connectivity index (χ3n) is 5.53. The molecule has 2 aromatic rings. The van der Waals surface area contributed by atoms with Crippen molar-refractivity contribution in [1.29, 1.82) is 0 Å². The third-order valence-corrected chi connectivity index (χ3v) is 5.53. The first-order chi connectivity index (χ1) is 14.7. The van der Waals surface area contributed by atoms with Crippen LogP contribution >= 0.6 is 24.0 Å². The molecule has 6 nitrogen and oxygen atoms in total. The van der Waals surface area contributed by atoms with Crippen LogP contribution in [-0.2, 0) is 17.8 Å². The Labute approximate surface area is 203 Å². The van der Waals surface area contributed by atoms with Crippen LogP contribution in [0.15, 0.2) is 53.5 Å². The van der Waals surface area contributed by atoms with Crippen LogP contribution in [0.3, 0.4) is 0 Å². The fourth-order valence-corrected chi connectivity index (χ4v) is 3.72. The van der Waals surface area contributed by atoms with E-state index in [0.29, 0.717) is 5.92 Å². The molecule has 1 atom stereocenters. The molecule has 7 heteroatoms. The van der Waals surface area contributed by atoms with E-state index in [-0.39, 0.29) is 24.0 Å². The van der Waals surface area contributed by atoms with Crippen LogP contribution in [0.5, 0.6) is 5.75 Å². The average Bonchev–Trinajstić information content (AvgIpc) is 2.80. The van der Waals surface area contributed by atoms with Gasteiger partial charge in [0.1, 0.15) is 5.75 Å². The van der Waals surface area contributed by atoms with Crippen LogP contribution in [0.25, 0.3) is 0 Å². The van der Waals surface area contributed by atoms with Crippen molar-refractivity contribution < 1.29 is 9.47 Å². The van der Waals surface area contributed by atoms with Crippen LogP contribution in [0, 0.1) is 0 Å². The molecule has 1 saturated heterocycles. The number of nitrogens with one attached hydrogen (secondary N) is 2. The van der Waals surface area contributed by atoms with E-state index in [1.54, 1.807) is 7.11 Å². The number of hydrogen-bond donors (Lipinski definition) is 2. The topological polar surface area (TPSA) is 58.1 Å². The molecule has 0 aliphatic carbocycles. The minimum Gasteiger partial charge on any atom is -0.496 e. The second-order valence-electron chi connectivity index (χ2n) is 7.61. The molecule has 0 aromatic heterocycles. The zero-order chi connectivity index (χ0) is 21.2. The molecule has 1 fully saturated rings. The van der Waals surface area contributed by atoms with Crippen LogP contribution in [-0.4, -0.2) is 57.9 Å². The van der Waals surface area contributed by atoms with Crippen molar-refractivity contribution in [2.45, 2.75) is 25.9 Å². The number of halogens is 1. The number of benzene rings is 2. The molecule has 1 unspecified atom stereocenters. The zero-order valence-electron chi connectivity index (χ0n) is 18.8. The number of morpholine rings is 1. The summed E-state index contributed by atoms with van der Waals surface area (Å²) in [6.45, 7) is 8.28. The van der Waals surface area contributed by atoms with Gasteiger partial charge in [-0.25, -0.2) is 0 Å². The van der Waals surface area contributed by atoms with Gasteiger partial charge in [0.05, 0.1) is 20.3 Å². The Morgan fingerprint density at radius 2 is 1.74 bits per heavy atom. The summed E-state index contributed by atoms with van der Waals surface area (Å²) in [6, 6.07) is 16.8. The third kappa shape index (κ3) is 7.66. The second kappa shape index (κ2) is 13.5. The molecule has 3 rings (SSSR count). The Kier molecular flexibility index (Phi) is 11.1. The monoisotopic (exact) mass is 538 g/mol. The van der Waals surface area contributed by atoms with Crippen molar-refractivity contribution in [2.24, 2.45) is 4.99 Å². The summed E-state index contributed by atoms with van der Waals surface area (Å²) in [5, 5.41) is 6.91. The van der Waals surface area contributed by atoms with Gasteiger partial charge in [-0.2, -0.15) is 0 Å². The number of hydrogen-bond acceptors (Lipinski definition) is 4. The number of ether oxygens (including phenoxy) is 2. The molecule has 0 spiro atoms. The van der Waals surface area contributed by atoms with Gasteiger partial charge in [0.15, 0.2) is 5.96 Å². The van der Waals surface area contributed by atoms with Gasteiger partial charge >= 0.3 is 0 Å². The first-order valence-corrected chi connectivity index (χ1v) is 10.7. The molecule has 1 heterocycles. The second-order valence-corrected chi connectivity index (χ2v) is 7.61. The van der Waals surface area contributed by atoms with Gasteiger partial charge in [0, 0.05) is 45.7 Å². The Bertz CT molecular complexity index is 825. The van der Waals surface area contributed by atoms with E-state index in [1.807, 2.05) is 25.2 Å². The Morgan fingerprint density at radius 3 is 2.45 bits per heavy atom. The lowest BCUT2D eigenvalue weighted by atomic mass is 10.0. The van der Waals surface area contributed by atoms with E-state index >= 15 is 0 Å². The lowest BCUT2D eigenvalue weighted by molar-refractivity contribution is 0.0341. The standard InChI is InChI=1S/C24H34N4O2.HI/c1-19(22-10-6-7-11-23(22)29-3)16-26-24(25-2)27-17-20-8-4-5-9-21(20)18-28-12-14-30-15-13-28;/h4-11,19H,12-18H2,1-3H3,(H2,25,26,27);1H. The van der Waals surface area contributed by atoms with Gasteiger partial charge in [-0.05, 0) is 22.8 Å². The number of methoxy groups -OCH3 is 1. The lowest BCUT2D eigenvalue weighted by Gasteiger charge is -2.27. The van der Waals surface area contributed by atoms with Crippen molar-refractivity contribution in [3.8, 4) is 5.75 Å². The molecular weight excluding hydrogens is 503 g/mol. The van der Waals surface area contributed by atoms with Gasteiger partial charge in [-0.3, -0.25) is 9.89 Å². The average molecular weight is 538 g/mol. The quantitative estimate of drug-likeness (QED) is 0.306. The van der Waals surface area contributed by atoms with Crippen LogP contribution in [0.4, 0.5) is 0 Å². The van der Waals surface area contributed by atoms with Crippen LogP contribution < -0.4 is 15.4 Å². The summed E-state index contributed by atoms with van der Waals surface area (Å²) in [5.74, 6) is 2.03. The van der Waals surface area contributed by atoms with E-state index in [9.17, 15) is 0 Å². The number of rotatable bonds is 8. The Morgan fingerprint density at radius 1 is 1.06 bits per heavy atom. The smallest absolute Gasteiger partial charge is 0.191 e. The molecule has 1 aliphatic rings. The minimum absolute atomic E-state index is 0. The maximum Gasteiger partial charge on any atom is 0.191 e. The van der Waals surface area contributed by atoms with Crippen molar-refractivity contribution >= 4 is 29.9 Å². The van der Waals surface area contributed by atoms with Crippen LogP contribution in [0.2, 0.25) is 0 Å². The van der Waals surface area contributed by atoms with E-state index in [4.69, 9.17) is 9.47 Å². The van der Waals surface area contributed by atoms with E-state index in [2.05, 4.69) is 57.8 Å². The number of para-hydroxylation sites is 1. The largest absolute Gasteiger partial charge is 0.496 e. The maximum atomic E-state index is 5.50. The van der Waals surface area contributed by atoms with Crippen molar-refractivity contribution in [2.75, 3.05) is 47.0 Å². The fraction of sp³-hybridized carbons (Fsp3) is 0.458. The van der Waals surface area contributed by atoms with Gasteiger partial charge < -0.3 is 20.1 Å². The normalized spacial score (nSPS) is 15.6. The minimum atomic E-state index is 0. The lowest BCUT2D eigenvalue weighted by Crippen LogP contribution is -2.39. The van der Waals surface area contributed by atoms with E-state index < -0.39 is 0 Å². The number of guanidine groups is 1. The van der Waals surface area contributed by atoms with E-state index in [0.717, 1.165) is 57.6 Å². The van der Waals surface area contributed by atoms with Gasteiger partial charge in [-0.1, -0.05) is 49.4 Å². The fourth-order valence-electron chi connectivity index (χ4n) is 3.72. The Balaban J connectivity index is 0.00000341. The van der Waals surface area contributed by atoms with Crippen molar-refractivity contribution in [1.82, 2.24) is 15.5 Å². The first kappa shape index (κ1) is 25.4. The summed E-state index contributed by atoms with van der Waals surface area (Å²) in [7, 11) is 3.52. The molecule has 0 amide bonds. The van der Waals surface area contributed by atoms with Gasteiger partial charge in [0.25, 0.3) is 0 Å². The molecule has 0 saturated carbocycles. The first-order valence-electron chi connectivity index (χ1n) is 10.7. The predicted molar refractivity (Wildman–Crippen MR) is 138 cm³/mol. The number of nitrogens with zero attached hydrogens (tertiary/aromatic N) is 2. The van der Waals surface area contributed by atoms with Gasteiger partial charge in [0.2, 0.25) is 0 Å². The summed E-state index contributed by atoms with van der Waals surface area (Å²) in [5.41, 5.74) is 3.84. The highest BCUT2D eigenvalue weighted by Crippen LogP contribution is 2.25. The Hall–Kier alpha value is -1.84. The van der Waals surface area contributed by atoms with Crippen LogP contribution in [0.1, 0.15) is 29.5 Å². The van der Waals surface area contributed by atoms with Gasteiger partial charge in [-0.15, -0.1) is 24.0 Å². The van der Waals surface area contributed by atoms with Crippen molar-refractivity contribution in [3.05, 3.63) is 65.2 Å². The summed E-state index contributed by atoms with van der Waals surface area (Å²) in [6.07, 6.45) is 0. The molecule has 31 heavy (non-hydrogen) atoms. The number of aliphatic imine (C=N–C) groups is 1. The molecule has 1 aliphatic heterocycles. The molecule has 170 valence electrons. The zero-order valence-corrected chi connectivity index (χ0v) is 21.1. The molecule has 2 N–H and O–H groups in total. The summed E-state index contributed by atoms with van der Waals surface area (Å²) in [4.78, 5) is 6.84. The maximum absolute atomic E-state index is 5.50. The molecule has 0 bridgehead atoms.